The molecular weight excluding hydrogens is 443 g/mol. The number of hydrogen-bond donors (Lipinski definition) is 2. The summed E-state index contributed by atoms with van der Waals surface area (Å²) in [6.45, 7) is -0.244. The number of rotatable bonds is 4. The molecule has 3 aromatic rings. The Morgan fingerprint density at radius 3 is 2.75 bits per heavy atom. The van der Waals surface area contributed by atoms with Crippen LogP contribution in [0.1, 0.15) is 11.1 Å². The van der Waals surface area contributed by atoms with Gasteiger partial charge in [-0.2, -0.15) is 18.4 Å². The summed E-state index contributed by atoms with van der Waals surface area (Å²) in [7, 11) is 0. The maximum absolute atomic E-state index is 13.0. The normalized spacial score (nSPS) is 12.6. The fourth-order valence-corrected chi connectivity index (χ4v) is 2.86. The molecule has 28 heavy (non-hydrogen) atoms. The molecule has 144 valence electrons. The van der Waals surface area contributed by atoms with Gasteiger partial charge < -0.3 is 10.4 Å². The minimum atomic E-state index is -4.75. The summed E-state index contributed by atoms with van der Waals surface area (Å²) < 4.78 is 41.1. The number of aliphatic hydroxyl groups is 1. The third-order valence-electron chi connectivity index (χ3n) is 3.84. The van der Waals surface area contributed by atoms with E-state index < -0.39 is 29.3 Å². The summed E-state index contributed by atoms with van der Waals surface area (Å²) in [6.07, 6.45) is -6.34. The lowest BCUT2D eigenvalue weighted by Gasteiger charge is -2.14. The van der Waals surface area contributed by atoms with Gasteiger partial charge in [0, 0.05) is 10.2 Å². The van der Waals surface area contributed by atoms with Crippen molar-refractivity contribution in [2.24, 2.45) is 0 Å². The Morgan fingerprint density at radius 1 is 1.32 bits per heavy atom. The van der Waals surface area contributed by atoms with Gasteiger partial charge in [0.1, 0.15) is 5.52 Å². The van der Waals surface area contributed by atoms with Crippen molar-refractivity contribution < 1.29 is 23.1 Å². The number of halogens is 4. The SMILES string of the molecule is N#Cc1ccc(NC(=O)[C@@H](O)Cn2nnc3cc(Br)ccc32)cc1C(F)(F)F. The molecule has 0 aliphatic heterocycles. The molecule has 1 amide bonds. The Labute approximate surface area is 164 Å². The van der Waals surface area contributed by atoms with Gasteiger partial charge in [0.15, 0.2) is 6.10 Å². The van der Waals surface area contributed by atoms with Crippen LogP contribution in [0, 0.1) is 11.3 Å². The highest BCUT2D eigenvalue weighted by Crippen LogP contribution is 2.33. The Morgan fingerprint density at radius 2 is 2.07 bits per heavy atom. The first-order chi connectivity index (χ1) is 13.2. The van der Waals surface area contributed by atoms with E-state index in [9.17, 15) is 23.1 Å². The lowest BCUT2D eigenvalue weighted by molar-refractivity contribution is -0.137. The fraction of sp³-hybridized carbons (Fsp3) is 0.176. The molecule has 0 saturated heterocycles. The number of benzene rings is 2. The number of aromatic nitrogens is 3. The molecule has 0 radical (unpaired) electrons. The lowest BCUT2D eigenvalue weighted by atomic mass is 10.1. The second-order valence-corrected chi connectivity index (χ2v) is 6.70. The Kier molecular flexibility index (Phi) is 5.35. The van der Waals surface area contributed by atoms with Crippen LogP contribution in [0.4, 0.5) is 18.9 Å². The number of fused-ring (bicyclic) bond motifs is 1. The molecule has 1 aromatic heterocycles. The maximum atomic E-state index is 13.0. The number of alkyl halides is 3. The van der Waals surface area contributed by atoms with E-state index in [-0.39, 0.29) is 12.2 Å². The van der Waals surface area contributed by atoms with E-state index in [0.717, 1.165) is 16.6 Å². The van der Waals surface area contributed by atoms with Crippen molar-refractivity contribution in [2.75, 3.05) is 5.32 Å². The van der Waals surface area contributed by atoms with Crippen molar-refractivity contribution >= 4 is 38.6 Å². The molecule has 0 bridgehead atoms. The van der Waals surface area contributed by atoms with Crippen molar-refractivity contribution in [3.63, 3.8) is 0 Å². The van der Waals surface area contributed by atoms with Crippen molar-refractivity contribution in [3.05, 3.63) is 52.0 Å². The van der Waals surface area contributed by atoms with Crippen LogP contribution >= 0.6 is 15.9 Å². The standard InChI is InChI=1S/C17H11BrF3N5O2/c18-10-2-4-14-13(5-10)24-25-26(14)8-15(27)16(28)23-11-3-1-9(7-22)12(6-11)17(19,20)21/h1-6,15,27H,8H2,(H,23,28)/t15-/m0/s1. The molecule has 11 heteroatoms. The van der Waals surface area contributed by atoms with E-state index in [1.807, 2.05) is 0 Å². The van der Waals surface area contributed by atoms with Crippen molar-refractivity contribution in [3.8, 4) is 6.07 Å². The smallest absolute Gasteiger partial charge is 0.381 e. The predicted molar refractivity (Wildman–Crippen MR) is 96.0 cm³/mol. The van der Waals surface area contributed by atoms with Gasteiger partial charge in [0.25, 0.3) is 5.91 Å². The van der Waals surface area contributed by atoms with Gasteiger partial charge in [-0.25, -0.2) is 4.68 Å². The fourth-order valence-electron chi connectivity index (χ4n) is 2.51. The zero-order valence-electron chi connectivity index (χ0n) is 13.9. The molecule has 0 saturated carbocycles. The van der Waals surface area contributed by atoms with Crippen LogP contribution < -0.4 is 5.32 Å². The van der Waals surface area contributed by atoms with Crippen molar-refractivity contribution in [1.82, 2.24) is 15.0 Å². The van der Waals surface area contributed by atoms with Crippen LogP contribution in [-0.4, -0.2) is 32.1 Å². The summed E-state index contributed by atoms with van der Waals surface area (Å²) in [5.74, 6) is -0.918. The topological polar surface area (TPSA) is 104 Å². The second kappa shape index (κ2) is 7.57. The van der Waals surface area contributed by atoms with Crippen molar-refractivity contribution in [1.29, 1.82) is 5.26 Å². The van der Waals surface area contributed by atoms with Gasteiger partial charge in [-0.1, -0.05) is 21.1 Å². The number of amides is 1. The average molecular weight is 454 g/mol. The van der Waals surface area contributed by atoms with Gasteiger partial charge in [-0.3, -0.25) is 4.79 Å². The summed E-state index contributed by atoms with van der Waals surface area (Å²) in [4.78, 5) is 12.2. The number of nitriles is 1. The van der Waals surface area contributed by atoms with Crippen LogP contribution in [0.2, 0.25) is 0 Å². The minimum absolute atomic E-state index is 0.192. The monoisotopic (exact) mass is 453 g/mol. The van der Waals surface area contributed by atoms with E-state index in [4.69, 9.17) is 5.26 Å². The van der Waals surface area contributed by atoms with Gasteiger partial charge in [0.05, 0.1) is 29.3 Å². The van der Waals surface area contributed by atoms with E-state index in [1.165, 1.54) is 10.8 Å². The predicted octanol–water partition coefficient (Wildman–Crippen LogP) is 3.08. The van der Waals surface area contributed by atoms with Crippen LogP contribution in [0.3, 0.4) is 0 Å². The first-order valence-electron chi connectivity index (χ1n) is 7.78. The van der Waals surface area contributed by atoms with Gasteiger partial charge in [-0.05, 0) is 36.4 Å². The third kappa shape index (κ3) is 4.13. The summed E-state index contributed by atoms with van der Waals surface area (Å²) >= 11 is 3.29. The first-order valence-corrected chi connectivity index (χ1v) is 8.57. The zero-order valence-corrected chi connectivity index (χ0v) is 15.5. The zero-order chi connectivity index (χ0) is 20.5. The maximum Gasteiger partial charge on any atom is 0.417 e. The van der Waals surface area contributed by atoms with Crippen LogP contribution in [0.25, 0.3) is 11.0 Å². The summed E-state index contributed by atoms with van der Waals surface area (Å²) in [5.41, 5.74) is -0.805. The summed E-state index contributed by atoms with van der Waals surface area (Å²) in [5, 5.41) is 28.9. The molecule has 2 N–H and O–H groups in total. The number of anilines is 1. The molecule has 0 spiro atoms. The molecule has 0 aliphatic rings. The molecule has 1 heterocycles. The Hall–Kier alpha value is -2.97. The molecular formula is C17H11BrF3N5O2. The third-order valence-corrected chi connectivity index (χ3v) is 4.33. The Balaban J connectivity index is 1.76. The van der Waals surface area contributed by atoms with Gasteiger partial charge in [-0.15, -0.1) is 5.10 Å². The van der Waals surface area contributed by atoms with E-state index in [2.05, 4.69) is 31.6 Å². The summed E-state index contributed by atoms with van der Waals surface area (Å²) in [6, 6.07) is 9.35. The van der Waals surface area contributed by atoms with E-state index >= 15 is 0 Å². The van der Waals surface area contributed by atoms with Crippen LogP contribution in [0.15, 0.2) is 40.9 Å². The van der Waals surface area contributed by atoms with Gasteiger partial charge in [0.2, 0.25) is 0 Å². The number of carbonyl (C=O) groups excluding carboxylic acids is 1. The first kappa shape index (κ1) is 19.8. The van der Waals surface area contributed by atoms with Crippen LogP contribution in [-0.2, 0) is 17.5 Å². The largest absolute Gasteiger partial charge is 0.417 e. The number of aliphatic hydroxyl groups excluding tert-OH is 1. The molecule has 7 nitrogen and oxygen atoms in total. The van der Waals surface area contributed by atoms with Crippen molar-refractivity contribution in [2.45, 2.75) is 18.8 Å². The van der Waals surface area contributed by atoms with Gasteiger partial charge >= 0.3 is 6.18 Å². The Bertz CT molecular complexity index is 1090. The molecule has 2 aromatic carbocycles. The minimum Gasteiger partial charge on any atom is -0.381 e. The number of nitrogens with zero attached hydrogens (tertiary/aromatic N) is 4. The van der Waals surface area contributed by atoms with E-state index in [0.29, 0.717) is 17.1 Å². The number of carbonyl (C=O) groups is 1. The molecule has 1 atom stereocenters. The molecule has 0 fully saturated rings. The second-order valence-electron chi connectivity index (χ2n) is 5.78. The molecule has 0 aliphatic carbocycles. The molecule has 3 rings (SSSR count). The van der Waals surface area contributed by atoms with Crippen LogP contribution in [0.5, 0.6) is 0 Å². The average Bonchev–Trinajstić information content (AvgIpc) is 3.02. The number of nitrogens with one attached hydrogen (secondary N) is 1. The lowest BCUT2D eigenvalue weighted by Crippen LogP contribution is -2.32. The molecule has 0 unspecified atom stereocenters. The quantitative estimate of drug-likeness (QED) is 0.631. The number of hydrogen-bond acceptors (Lipinski definition) is 5. The highest BCUT2D eigenvalue weighted by atomic mass is 79.9. The van der Waals surface area contributed by atoms with E-state index in [1.54, 1.807) is 18.2 Å². The highest BCUT2D eigenvalue weighted by molar-refractivity contribution is 9.10. The highest BCUT2D eigenvalue weighted by Gasteiger charge is 2.34.